The van der Waals surface area contributed by atoms with Crippen LogP contribution in [0.4, 0.5) is 16.2 Å². The van der Waals surface area contributed by atoms with E-state index in [0.717, 1.165) is 11.2 Å². The van der Waals surface area contributed by atoms with E-state index >= 15 is 0 Å². The molecule has 0 saturated heterocycles. The average molecular weight is 357 g/mol. The topological polar surface area (TPSA) is 102 Å². The molecule has 0 aromatic heterocycles. The van der Waals surface area contributed by atoms with Crippen LogP contribution in [0.3, 0.4) is 0 Å². The van der Waals surface area contributed by atoms with Crippen molar-refractivity contribution < 1.29 is 14.7 Å². The Labute approximate surface area is 148 Å². The van der Waals surface area contributed by atoms with Crippen LogP contribution < -0.4 is 9.96 Å². The number of carboxylic acids is 1. The first-order chi connectivity index (χ1) is 12.0. The molecule has 2 aromatic carbocycles. The van der Waals surface area contributed by atoms with Crippen molar-refractivity contribution in [3.05, 3.63) is 59.3 Å². The normalized spacial score (nSPS) is 19.3. The van der Waals surface area contributed by atoms with E-state index in [1.165, 1.54) is 17.8 Å². The summed E-state index contributed by atoms with van der Waals surface area (Å²) in [5.41, 5.74) is 0.931. The highest BCUT2D eigenvalue weighted by atomic mass is 32.2. The Morgan fingerprint density at radius 3 is 2.52 bits per heavy atom. The number of para-hydroxylation sites is 2. The Morgan fingerprint density at radius 2 is 1.88 bits per heavy atom. The zero-order valence-electron chi connectivity index (χ0n) is 13.2. The molecule has 1 aliphatic rings. The number of urea groups is 1. The summed E-state index contributed by atoms with van der Waals surface area (Å²) in [7, 11) is 0. The highest BCUT2D eigenvalue weighted by Crippen LogP contribution is 2.37. The molecule has 0 aliphatic carbocycles. The smallest absolute Gasteiger partial charge is 0.428 e. The summed E-state index contributed by atoms with van der Waals surface area (Å²) in [4.78, 5) is 29.0. The molecule has 1 aliphatic heterocycles. The SMILES string of the molecule is CSc1ccc(C(NC(=O)[N+]2([O-])C=Nc3ccccc32)C(=O)O)cc1. The summed E-state index contributed by atoms with van der Waals surface area (Å²) >= 11 is 1.52. The van der Waals surface area contributed by atoms with Gasteiger partial charge in [-0.1, -0.05) is 24.3 Å². The standard InChI is InChI=1S/C17H15N3O4S/c1-25-12-8-6-11(7-9-12)15(16(21)22)19-17(23)20(24)10-18-13-4-2-3-5-14(13)20/h2-10,15H,1H3,(H,19,23)(H,21,22). The van der Waals surface area contributed by atoms with Gasteiger partial charge in [-0.25, -0.2) is 9.59 Å². The summed E-state index contributed by atoms with van der Waals surface area (Å²) in [5, 5.41) is 24.7. The highest BCUT2D eigenvalue weighted by Gasteiger charge is 2.38. The molecule has 2 atom stereocenters. The number of hydrogen-bond donors (Lipinski definition) is 2. The van der Waals surface area contributed by atoms with Crippen LogP contribution in [-0.2, 0) is 4.79 Å². The molecule has 2 aromatic rings. The fraction of sp³-hybridized carbons (Fsp3) is 0.118. The monoisotopic (exact) mass is 357 g/mol. The lowest BCUT2D eigenvalue weighted by molar-refractivity contribution is -0.139. The molecule has 8 heteroatoms. The molecule has 0 spiro atoms. The number of nitrogens with one attached hydrogen (secondary N) is 1. The van der Waals surface area contributed by atoms with Crippen LogP contribution in [0.5, 0.6) is 0 Å². The predicted molar refractivity (Wildman–Crippen MR) is 96.9 cm³/mol. The average Bonchev–Trinajstić information content (AvgIpc) is 2.98. The first-order valence-corrected chi connectivity index (χ1v) is 8.60. The van der Waals surface area contributed by atoms with Gasteiger partial charge in [-0.2, -0.15) is 9.64 Å². The predicted octanol–water partition coefficient (Wildman–Crippen LogP) is 3.42. The number of rotatable bonds is 4. The van der Waals surface area contributed by atoms with Crippen LogP contribution in [0.1, 0.15) is 11.6 Å². The molecule has 2 N–H and O–H groups in total. The molecule has 7 nitrogen and oxygen atoms in total. The van der Waals surface area contributed by atoms with Crippen molar-refractivity contribution in [3.8, 4) is 0 Å². The zero-order chi connectivity index (χ0) is 18.0. The number of aliphatic carboxylic acids is 1. The molecular weight excluding hydrogens is 342 g/mol. The van der Waals surface area contributed by atoms with Gasteiger partial charge in [0, 0.05) is 11.0 Å². The molecule has 0 saturated carbocycles. The summed E-state index contributed by atoms with van der Waals surface area (Å²) < 4.78 is -1.47. The number of aliphatic imine (C=N–C) groups is 1. The molecule has 2 amide bonds. The lowest BCUT2D eigenvalue weighted by Gasteiger charge is -2.32. The van der Waals surface area contributed by atoms with Gasteiger partial charge in [-0.3, -0.25) is 5.32 Å². The van der Waals surface area contributed by atoms with Gasteiger partial charge >= 0.3 is 12.0 Å². The molecule has 3 rings (SSSR count). The number of amides is 2. The van der Waals surface area contributed by atoms with E-state index in [9.17, 15) is 19.9 Å². The highest BCUT2D eigenvalue weighted by molar-refractivity contribution is 7.98. The molecular formula is C17H15N3O4S. The van der Waals surface area contributed by atoms with Crippen LogP contribution in [0.2, 0.25) is 0 Å². The Kier molecular flexibility index (Phi) is 4.58. The lowest BCUT2D eigenvalue weighted by atomic mass is 10.1. The van der Waals surface area contributed by atoms with Crippen LogP contribution >= 0.6 is 11.8 Å². The molecule has 0 radical (unpaired) electrons. The number of nitrogens with zero attached hydrogens (tertiary/aromatic N) is 2. The van der Waals surface area contributed by atoms with Gasteiger partial charge in [0.05, 0.1) is 0 Å². The number of hydroxylamine groups is 2. The number of quaternary nitrogens is 1. The van der Waals surface area contributed by atoms with E-state index < -0.39 is 22.7 Å². The summed E-state index contributed by atoms with van der Waals surface area (Å²) in [6.07, 6.45) is 2.86. The van der Waals surface area contributed by atoms with Crippen LogP contribution in [0, 0.1) is 5.21 Å². The minimum absolute atomic E-state index is 0.155. The maximum atomic E-state index is 12.9. The van der Waals surface area contributed by atoms with E-state index in [2.05, 4.69) is 10.3 Å². The quantitative estimate of drug-likeness (QED) is 0.496. The van der Waals surface area contributed by atoms with E-state index in [1.807, 2.05) is 6.26 Å². The third-order valence-electron chi connectivity index (χ3n) is 3.86. The molecule has 25 heavy (non-hydrogen) atoms. The Bertz CT molecular complexity index is 853. The van der Waals surface area contributed by atoms with Gasteiger partial charge < -0.3 is 10.3 Å². The molecule has 128 valence electrons. The van der Waals surface area contributed by atoms with E-state index in [-0.39, 0.29) is 5.69 Å². The summed E-state index contributed by atoms with van der Waals surface area (Å²) in [6, 6.07) is 10.9. The van der Waals surface area contributed by atoms with Gasteiger partial charge in [0.2, 0.25) is 6.34 Å². The number of carbonyl (C=O) groups excluding carboxylic acids is 1. The maximum absolute atomic E-state index is 12.9. The largest absolute Gasteiger partial charge is 0.612 e. The molecule has 0 fully saturated rings. The van der Waals surface area contributed by atoms with Crippen LogP contribution in [0.15, 0.2) is 58.4 Å². The number of carboxylic acid groups (broad SMARTS) is 1. The third-order valence-corrected chi connectivity index (χ3v) is 4.61. The molecule has 2 unspecified atom stereocenters. The number of carbonyl (C=O) groups is 2. The van der Waals surface area contributed by atoms with Crippen molar-refractivity contribution in [1.82, 2.24) is 9.96 Å². The summed E-state index contributed by atoms with van der Waals surface area (Å²) in [6.45, 7) is 0. The van der Waals surface area contributed by atoms with Crippen molar-refractivity contribution in [3.63, 3.8) is 0 Å². The molecule has 1 heterocycles. The minimum atomic E-state index is -1.47. The van der Waals surface area contributed by atoms with Crippen molar-refractivity contribution >= 4 is 41.5 Å². The Morgan fingerprint density at radius 1 is 1.20 bits per heavy atom. The van der Waals surface area contributed by atoms with Gasteiger partial charge in [0.25, 0.3) is 0 Å². The van der Waals surface area contributed by atoms with Gasteiger partial charge in [0.1, 0.15) is 5.69 Å². The molecule has 0 bridgehead atoms. The Hall–Kier alpha value is -2.68. The summed E-state index contributed by atoms with van der Waals surface area (Å²) in [5.74, 6) is -1.25. The second-order valence-corrected chi connectivity index (χ2v) is 6.26. The first-order valence-electron chi connectivity index (χ1n) is 7.38. The van der Waals surface area contributed by atoms with E-state index in [0.29, 0.717) is 11.3 Å². The number of hydrogen-bond acceptors (Lipinski definition) is 5. The number of benzene rings is 2. The third kappa shape index (κ3) is 3.14. The zero-order valence-corrected chi connectivity index (χ0v) is 14.1. The number of thioether (sulfide) groups is 1. The lowest BCUT2D eigenvalue weighted by Crippen LogP contribution is -2.53. The van der Waals surface area contributed by atoms with Crippen molar-refractivity contribution in [2.45, 2.75) is 10.9 Å². The van der Waals surface area contributed by atoms with Crippen molar-refractivity contribution in [2.24, 2.45) is 4.99 Å². The van der Waals surface area contributed by atoms with E-state index in [4.69, 9.17) is 0 Å². The maximum Gasteiger partial charge on any atom is 0.428 e. The second kappa shape index (κ2) is 6.67. The van der Waals surface area contributed by atoms with Crippen molar-refractivity contribution in [1.29, 1.82) is 0 Å². The fourth-order valence-electron chi connectivity index (χ4n) is 2.53. The van der Waals surface area contributed by atoms with Crippen LogP contribution in [-0.4, -0.2) is 29.7 Å². The van der Waals surface area contributed by atoms with Gasteiger partial charge in [0.15, 0.2) is 11.7 Å². The fourth-order valence-corrected chi connectivity index (χ4v) is 2.93. The number of fused-ring (bicyclic) bond motifs is 1. The van der Waals surface area contributed by atoms with Gasteiger partial charge in [-0.05, 0) is 30.0 Å². The van der Waals surface area contributed by atoms with Gasteiger partial charge in [-0.15, -0.1) is 11.8 Å². The van der Waals surface area contributed by atoms with Crippen molar-refractivity contribution in [2.75, 3.05) is 6.26 Å². The second-order valence-electron chi connectivity index (χ2n) is 5.39. The minimum Gasteiger partial charge on any atom is -0.612 e. The Balaban J connectivity index is 1.87. The first kappa shape index (κ1) is 17.2. The van der Waals surface area contributed by atoms with E-state index in [1.54, 1.807) is 42.5 Å². The van der Waals surface area contributed by atoms with Crippen LogP contribution in [0.25, 0.3) is 0 Å².